The molecule has 0 bridgehead atoms. The van der Waals surface area contributed by atoms with Gasteiger partial charge >= 0.3 is 0 Å². The Hall–Kier alpha value is -1.51. The molecule has 1 unspecified atom stereocenters. The van der Waals surface area contributed by atoms with E-state index in [1.54, 1.807) is 0 Å². The highest BCUT2D eigenvalue weighted by molar-refractivity contribution is 5.33. The highest BCUT2D eigenvalue weighted by atomic mass is 19.3. The van der Waals surface area contributed by atoms with E-state index in [-0.39, 0.29) is 12.5 Å². The molecule has 1 aliphatic heterocycles. The molecule has 1 saturated heterocycles. The molecule has 0 spiro atoms. The van der Waals surface area contributed by atoms with Gasteiger partial charge in [0.25, 0.3) is 0 Å². The summed E-state index contributed by atoms with van der Waals surface area (Å²) >= 11 is 0. The average molecular weight is 321 g/mol. The van der Waals surface area contributed by atoms with E-state index < -0.39 is 11.3 Å². The molecule has 1 aliphatic rings. The third-order valence-electron chi connectivity index (χ3n) is 4.80. The molecule has 0 aromatic heterocycles. The van der Waals surface area contributed by atoms with Crippen LogP contribution in [0.5, 0.6) is 0 Å². The first-order valence-electron chi connectivity index (χ1n) is 8.19. The summed E-state index contributed by atoms with van der Waals surface area (Å²) in [4.78, 5) is 2.09. The molecule has 1 heterocycles. The van der Waals surface area contributed by atoms with Crippen molar-refractivity contribution in [3.63, 3.8) is 0 Å². The van der Waals surface area contributed by atoms with Crippen molar-refractivity contribution < 1.29 is 8.78 Å². The number of nitrogens with two attached hydrogens (primary N) is 1. The maximum Gasteiger partial charge on any atom is 0.246 e. The van der Waals surface area contributed by atoms with Crippen molar-refractivity contribution in [1.82, 2.24) is 4.90 Å². The fourth-order valence-corrected chi connectivity index (χ4v) is 3.51. The van der Waals surface area contributed by atoms with Gasteiger partial charge < -0.3 is 5.73 Å². The monoisotopic (exact) mass is 321 g/mol. The number of hydrogen-bond donors (Lipinski definition) is 1. The zero-order valence-corrected chi connectivity index (χ0v) is 13.6. The van der Waals surface area contributed by atoms with Crippen LogP contribution in [0, 0.1) is 11.3 Å². The first-order valence-corrected chi connectivity index (χ1v) is 8.19. The average Bonchev–Trinajstić information content (AvgIpc) is 2.54. The summed E-state index contributed by atoms with van der Waals surface area (Å²) in [6, 6.07) is 12.0. The molecule has 2 rings (SSSR count). The van der Waals surface area contributed by atoms with Crippen molar-refractivity contribution in [1.29, 1.82) is 5.26 Å². The Balaban J connectivity index is 2.08. The second-order valence-electron chi connectivity index (χ2n) is 6.60. The van der Waals surface area contributed by atoms with Crippen LogP contribution in [0.2, 0.25) is 0 Å². The lowest BCUT2D eigenvalue weighted by Gasteiger charge is -2.42. The van der Waals surface area contributed by atoms with Gasteiger partial charge in [0, 0.05) is 25.6 Å². The normalized spacial score (nSPS) is 20.0. The van der Waals surface area contributed by atoms with E-state index in [4.69, 9.17) is 5.73 Å². The molecule has 0 aliphatic carbocycles. The minimum atomic E-state index is -2.69. The second kappa shape index (κ2) is 7.37. The third kappa shape index (κ3) is 4.49. The van der Waals surface area contributed by atoms with Crippen molar-refractivity contribution in [3.8, 4) is 6.07 Å². The van der Waals surface area contributed by atoms with Crippen LogP contribution in [0.3, 0.4) is 0 Å². The Labute approximate surface area is 137 Å². The molecule has 5 heteroatoms. The molecule has 0 amide bonds. The minimum absolute atomic E-state index is 0.172. The van der Waals surface area contributed by atoms with Gasteiger partial charge in [-0.25, -0.2) is 8.78 Å². The van der Waals surface area contributed by atoms with Crippen LogP contribution in [0.15, 0.2) is 30.3 Å². The van der Waals surface area contributed by atoms with Gasteiger partial charge in [0.2, 0.25) is 5.92 Å². The van der Waals surface area contributed by atoms with Gasteiger partial charge in [0.15, 0.2) is 0 Å². The van der Waals surface area contributed by atoms with Gasteiger partial charge in [-0.2, -0.15) is 5.26 Å². The van der Waals surface area contributed by atoms with Crippen molar-refractivity contribution in [2.24, 2.45) is 5.73 Å². The molecule has 3 nitrogen and oxygen atoms in total. The molecule has 1 aromatic rings. The van der Waals surface area contributed by atoms with Crippen LogP contribution in [-0.2, 0) is 5.41 Å². The van der Waals surface area contributed by atoms with Crippen LogP contribution >= 0.6 is 0 Å². The van der Waals surface area contributed by atoms with E-state index in [1.165, 1.54) is 0 Å². The number of hydrogen-bond acceptors (Lipinski definition) is 3. The third-order valence-corrected chi connectivity index (χ3v) is 4.80. The smallest absolute Gasteiger partial charge is 0.246 e. The molecule has 2 N–H and O–H groups in total. The van der Waals surface area contributed by atoms with Crippen LogP contribution in [-0.4, -0.2) is 36.5 Å². The number of halogens is 2. The fraction of sp³-hybridized carbons (Fsp3) is 0.611. The SMILES string of the molecule is CC(F)(F)CC(CCN)N1CCC(C#N)(c2ccccc2)CC1. The van der Waals surface area contributed by atoms with Gasteiger partial charge in [-0.15, -0.1) is 0 Å². The topological polar surface area (TPSA) is 53.0 Å². The Morgan fingerprint density at radius 3 is 2.39 bits per heavy atom. The molecule has 1 fully saturated rings. The van der Waals surface area contributed by atoms with Crippen LogP contribution in [0.1, 0.15) is 38.2 Å². The molecule has 0 saturated carbocycles. The number of rotatable bonds is 6. The summed E-state index contributed by atoms with van der Waals surface area (Å²) in [5, 5.41) is 9.70. The van der Waals surface area contributed by atoms with E-state index in [9.17, 15) is 14.0 Å². The van der Waals surface area contributed by atoms with Gasteiger partial charge in [-0.1, -0.05) is 30.3 Å². The van der Waals surface area contributed by atoms with Crippen LogP contribution in [0.4, 0.5) is 8.78 Å². The van der Waals surface area contributed by atoms with Gasteiger partial charge in [-0.05, 0) is 38.3 Å². The number of alkyl halides is 2. The van der Waals surface area contributed by atoms with Crippen molar-refractivity contribution in [2.75, 3.05) is 19.6 Å². The van der Waals surface area contributed by atoms with Crippen molar-refractivity contribution in [3.05, 3.63) is 35.9 Å². The standard InChI is InChI=1S/C18H25F2N3/c1-17(19,20)13-16(7-10-21)23-11-8-18(14-22,9-12-23)15-5-3-2-4-6-15/h2-6,16H,7-13,21H2,1H3. The quantitative estimate of drug-likeness (QED) is 0.874. The van der Waals surface area contributed by atoms with E-state index in [0.29, 0.717) is 38.9 Å². The maximum absolute atomic E-state index is 13.4. The molecule has 0 radical (unpaired) electrons. The summed E-state index contributed by atoms with van der Waals surface area (Å²) in [6.07, 6.45) is 1.73. The molecule has 1 aromatic carbocycles. The lowest BCUT2D eigenvalue weighted by Crippen LogP contribution is -2.48. The summed E-state index contributed by atoms with van der Waals surface area (Å²) < 4.78 is 26.8. The number of piperidine rings is 1. The van der Waals surface area contributed by atoms with E-state index in [0.717, 1.165) is 12.5 Å². The molecule has 23 heavy (non-hydrogen) atoms. The van der Waals surface area contributed by atoms with Gasteiger partial charge in [0.05, 0.1) is 11.5 Å². The van der Waals surface area contributed by atoms with Crippen LogP contribution in [0.25, 0.3) is 0 Å². The first-order chi connectivity index (χ1) is 10.9. The number of likely N-dealkylation sites (tertiary alicyclic amines) is 1. The van der Waals surface area contributed by atoms with Crippen LogP contribution < -0.4 is 5.73 Å². The first kappa shape index (κ1) is 17.8. The summed E-state index contributed by atoms with van der Waals surface area (Å²) in [5.41, 5.74) is 6.13. The Bertz CT molecular complexity index is 525. The van der Waals surface area contributed by atoms with E-state index in [1.807, 2.05) is 30.3 Å². The van der Waals surface area contributed by atoms with Gasteiger partial charge in [-0.3, -0.25) is 4.90 Å². The number of nitrogens with zero attached hydrogens (tertiary/aromatic N) is 2. The minimum Gasteiger partial charge on any atom is -0.330 e. The Morgan fingerprint density at radius 2 is 1.91 bits per heavy atom. The molecular weight excluding hydrogens is 296 g/mol. The predicted molar refractivity (Wildman–Crippen MR) is 87.2 cm³/mol. The molecule has 1 atom stereocenters. The zero-order chi connectivity index (χ0) is 16.9. The lowest BCUT2D eigenvalue weighted by atomic mass is 9.73. The maximum atomic E-state index is 13.4. The van der Waals surface area contributed by atoms with Crippen molar-refractivity contribution in [2.45, 2.75) is 50.0 Å². The lowest BCUT2D eigenvalue weighted by molar-refractivity contribution is -0.0221. The summed E-state index contributed by atoms with van der Waals surface area (Å²) in [7, 11) is 0. The summed E-state index contributed by atoms with van der Waals surface area (Å²) in [5.74, 6) is -2.69. The summed E-state index contributed by atoms with van der Waals surface area (Å²) in [6.45, 7) is 2.68. The largest absolute Gasteiger partial charge is 0.330 e. The van der Waals surface area contributed by atoms with Gasteiger partial charge in [0.1, 0.15) is 0 Å². The zero-order valence-electron chi connectivity index (χ0n) is 13.6. The Morgan fingerprint density at radius 1 is 1.30 bits per heavy atom. The highest BCUT2D eigenvalue weighted by Gasteiger charge is 2.39. The second-order valence-corrected chi connectivity index (χ2v) is 6.60. The molecular formula is C18H25F2N3. The van der Waals surface area contributed by atoms with E-state index >= 15 is 0 Å². The van der Waals surface area contributed by atoms with E-state index in [2.05, 4.69) is 11.0 Å². The number of nitriles is 1. The Kier molecular flexibility index (Phi) is 5.72. The number of benzene rings is 1. The van der Waals surface area contributed by atoms with Crippen molar-refractivity contribution >= 4 is 0 Å². The molecule has 126 valence electrons. The fourth-order valence-electron chi connectivity index (χ4n) is 3.51. The highest BCUT2D eigenvalue weighted by Crippen LogP contribution is 2.36. The predicted octanol–water partition coefficient (Wildman–Crippen LogP) is 3.31.